The van der Waals surface area contributed by atoms with E-state index in [0.29, 0.717) is 5.82 Å². The molecule has 1 atom stereocenters. The average molecular weight is 272 g/mol. The molecule has 0 fully saturated rings. The van der Waals surface area contributed by atoms with Crippen LogP contribution in [0.4, 0.5) is 0 Å². The lowest BCUT2D eigenvalue weighted by Gasteiger charge is -1.90. The van der Waals surface area contributed by atoms with Gasteiger partial charge >= 0.3 is 0 Å². The van der Waals surface area contributed by atoms with Crippen molar-refractivity contribution in [3.63, 3.8) is 0 Å². The van der Waals surface area contributed by atoms with E-state index in [4.69, 9.17) is 31.4 Å². The van der Waals surface area contributed by atoms with Crippen molar-refractivity contribution in [1.29, 1.82) is 0 Å². The molecule has 0 spiro atoms. The molecule has 0 amide bonds. The summed E-state index contributed by atoms with van der Waals surface area (Å²) in [6, 6.07) is 0. The quantitative estimate of drug-likeness (QED) is 0.619. The van der Waals surface area contributed by atoms with E-state index in [-0.39, 0.29) is 7.43 Å². The predicted octanol–water partition coefficient (Wildman–Crippen LogP) is 5.16. The third-order valence-corrected chi connectivity index (χ3v) is 1.49. The Labute approximate surface area is 139 Å². The topological polar surface area (TPSA) is 0 Å². The van der Waals surface area contributed by atoms with E-state index in [0.717, 1.165) is 31.8 Å². The zero-order valence-electron chi connectivity index (χ0n) is 14.4. The summed E-state index contributed by atoms with van der Waals surface area (Å²) in [5.74, 6) is 0.384. The Bertz CT molecular complexity index is 76.7. The van der Waals surface area contributed by atoms with Crippen molar-refractivity contribution in [3.8, 4) is 0 Å². The average Bonchev–Trinajstić information content (AvgIpc) is 2.43. The first-order valence-corrected chi connectivity index (χ1v) is 7.45. The minimum atomic E-state index is 0. The molecule has 0 saturated carbocycles. The summed E-state index contributed by atoms with van der Waals surface area (Å²) in [6.45, 7) is 11.7. The third kappa shape index (κ3) is 194. The molecule has 0 aromatic rings. The number of unbranched alkanes of at least 4 members (excludes halogenated alkanes) is 1. The molecule has 5 heteroatoms. The van der Waals surface area contributed by atoms with Crippen LogP contribution in [0.15, 0.2) is 0 Å². The van der Waals surface area contributed by atoms with Gasteiger partial charge in [0.1, 0.15) is 0 Å². The Balaban J connectivity index is -0.0000000313. The van der Waals surface area contributed by atoms with Gasteiger partial charge in [-0.25, -0.2) is 0 Å². The predicted molar refractivity (Wildman–Crippen MR) is 106 cm³/mol. The van der Waals surface area contributed by atoms with E-state index in [1.54, 1.807) is 0 Å². The van der Waals surface area contributed by atoms with Crippen LogP contribution in [0.5, 0.6) is 0 Å². The Hall–Kier alpha value is 0.325. The maximum atomic E-state index is 5.29. The molecule has 20 heavy (non-hydrogen) atoms. The molecule has 10 radical (unpaired) electrons. The van der Waals surface area contributed by atoms with E-state index in [1.165, 1.54) is 19.7 Å². The molecule has 0 aromatic carbocycles. The summed E-state index contributed by atoms with van der Waals surface area (Å²) in [4.78, 5) is 0. The van der Waals surface area contributed by atoms with Gasteiger partial charge < -0.3 is 0 Å². The molecule has 112 valence electrons. The van der Waals surface area contributed by atoms with E-state index in [1.807, 2.05) is 13.8 Å². The summed E-state index contributed by atoms with van der Waals surface area (Å²) >= 11 is 0. The fourth-order valence-corrected chi connectivity index (χ4v) is 0.204. The highest BCUT2D eigenvalue weighted by atomic mass is 13.8. The van der Waals surface area contributed by atoms with Gasteiger partial charge in [0.2, 0.25) is 0 Å². The second-order valence-electron chi connectivity index (χ2n) is 3.72. The largest absolute Gasteiger partial charge is 0.0999 e. The van der Waals surface area contributed by atoms with Crippen molar-refractivity contribution < 1.29 is 0 Å². The van der Waals surface area contributed by atoms with Crippen molar-refractivity contribution in [3.05, 3.63) is 0 Å². The van der Waals surface area contributed by atoms with Crippen molar-refractivity contribution in [1.82, 2.24) is 0 Å². The van der Waals surface area contributed by atoms with E-state index in [2.05, 4.69) is 28.6 Å². The Morgan fingerprint density at radius 1 is 0.800 bits per heavy atom. The van der Waals surface area contributed by atoms with Crippen LogP contribution >= 0.6 is 0 Å². The van der Waals surface area contributed by atoms with Crippen LogP contribution in [0.25, 0.3) is 0 Å². The second-order valence-corrected chi connectivity index (χ2v) is 3.72. The van der Waals surface area contributed by atoms with Gasteiger partial charge in [0.15, 0.2) is 0 Å². The molecular formula is C15H37B5. The van der Waals surface area contributed by atoms with Gasteiger partial charge in [-0.05, 0) is 0 Å². The summed E-state index contributed by atoms with van der Waals surface area (Å²) in [7, 11) is 24.8. The Morgan fingerprint density at radius 3 is 1.05 bits per heavy atom. The van der Waals surface area contributed by atoms with Crippen LogP contribution in [-0.4, -0.2) is 39.2 Å². The molecule has 0 N–H and O–H groups in total. The van der Waals surface area contributed by atoms with Crippen molar-refractivity contribution >= 4 is 39.2 Å². The highest BCUT2D eigenvalue weighted by Gasteiger charge is 1.80. The van der Waals surface area contributed by atoms with Crippen LogP contribution < -0.4 is 0 Å². The van der Waals surface area contributed by atoms with E-state index < -0.39 is 0 Å². The highest BCUT2D eigenvalue weighted by molar-refractivity contribution is 6.11. The van der Waals surface area contributed by atoms with Gasteiger partial charge in [0.05, 0.1) is 39.2 Å². The van der Waals surface area contributed by atoms with Crippen molar-refractivity contribution in [2.24, 2.45) is 0 Å². The maximum absolute atomic E-state index is 5.29. The first-order chi connectivity index (χ1) is 9.01. The van der Waals surface area contributed by atoms with Crippen LogP contribution in [-0.2, 0) is 0 Å². The highest BCUT2D eigenvalue weighted by Crippen LogP contribution is 1.97. The molecule has 0 nitrogen and oxygen atoms in total. The molecular weight excluding hydrogens is 234 g/mol. The third-order valence-electron chi connectivity index (χ3n) is 1.49. The van der Waals surface area contributed by atoms with Crippen LogP contribution in [0, 0.1) is 0 Å². The van der Waals surface area contributed by atoms with Crippen LogP contribution in [0.2, 0.25) is 31.6 Å². The summed E-state index contributed by atoms with van der Waals surface area (Å²) in [5.41, 5.74) is 0. The van der Waals surface area contributed by atoms with Crippen molar-refractivity contribution in [2.75, 3.05) is 0 Å². The smallest absolute Gasteiger partial charge is 0.0695 e. The molecule has 0 heterocycles. The van der Waals surface area contributed by atoms with Gasteiger partial charge in [-0.1, -0.05) is 99.3 Å². The zero-order chi connectivity index (χ0) is 16.5. The first kappa shape index (κ1) is 37.0. The Morgan fingerprint density at radius 2 is 1.05 bits per heavy atom. The van der Waals surface area contributed by atoms with Gasteiger partial charge in [0, 0.05) is 0 Å². The SMILES string of the molecule is C.[B]C.[B]C(C)CC.[B]CC.[B]CCC.[B]CCCC. The van der Waals surface area contributed by atoms with Gasteiger partial charge in [-0.3, -0.25) is 0 Å². The second kappa shape index (κ2) is 60.9. The zero-order valence-corrected chi connectivity index (χ0v) is 14.4. The standard InChI is InChI=1S/2C4H9B.C3H7B.C2H5B.CH3B.CH4/c1-3-4(2)5;1-2-3-4-5;1-2-3-4;1-2-3;1-2;/h4H,3H2,1-2H3;2-4H2,1H3;2-3H2,1H3;2H2,1H3;1H3;1H4. The number of rotatable bonds is 4. The molecule has 1 unspecified atom stereocenters. The molecule has 0 aliphatic carbocycles. The summed E-state index contributed by atoms with van der Waals surface area (Å²) in [5, 5.41) is 0. The van der Waals surface area contributed by atoms with Crippen LogP contribution in [0.1, 0.15) is 67.7 Å². The van der Waals surface area contributed by atoms with Gasteiger partial charge in [-0.15, -0.1) is 0 Å². The van der Waals surface area contributed by atoms with Gasteiger partial charge in [-0.2, -0.15) is 0 Å². The fourth-order valence-electron chi connectivity index (χ4n) is 0.204. The van der Waals surface area contributed by atoms with Crippen molar-refractivity contribution in [2.45, 2.75) is 99.3 Å². The minimum Gasteiger partial charge on any atom is -0.0999 e. The molecule has 0 aromatic heterocycles. The van der Waals surface area contributed by atoms with E-state index >= 15 is 0 Å². The molecule has 0 aliphatic heterocycles. The van der Waals surface area contributed by atoms with Gasteiger partial charge in [0.25, 0.3) is 0 Å². The summed E-state index contributed by atoms with van der Waals surface area (Å²) in [6.07, 6.45) is 6.98. The molecule has 0 saturated heterocycles. The van der Waals surface area contributed by atoms with E-state index in [9.17, 15) is 0 Å². The minimum absolute atomic E-state index is 0. The normalized spacial score (nSPS) is 8.30. The lowest BCUT2D eigenvalue weighted by atomic mass is 9.88. The fraction of sp³-hybridized carbons (Fsp3) is 1.00. The lowest BCUT2D eigenvalue weighted by Crippen LogP contribution is -1.76. The number of hydrogen-bond donors (Lipinski definition) is 0. The molecule has 0 bridgehead atoms. The molecule has 0 aliphatic rings. The molecule has 0 rings (SSSR count). The summed E-state index contributed by atoms with van der Waals surface area (Å²) < 4.78 is 0. The lowest BCUT2D eigenvalue weighted by molar-refractivity contribution is 0.880. The first-order valence-electron chi connectivity index (χ1n) is 7.45. The Kier molecular flexibility index (Phi) is 113. The maximum Gasteiger partial charge on any atom is 0.0695 e. The monoisotopic (exact) mass is 272 g/mol. The number of hydrogen-bond acceptors (Lipinski definition) is 0. The van der Waals surface area contributed by atoms with Crippen LogP contribution in [0.3, 0.4) is 0 Å².